The lowest BCUT2D eigenvalue weighted by Crippen LogP contribution is -2.30. The van der Waals surface area contributed by atoms with Crippen molar-refractivity contribution >= 4 is 17.9 Å². The Labute approximate surface area is 481 Å². The van der Waals surface area contributed by atoms with Crippen molar-refractivity contribution in [3.63, 3.8) is 0 Å². The lowest BCUT2D eigenvalue weighted by molar-refractivity contribution is -0.167. The minimum atomic E-state index is -0.797. The Balaban J connectivity index is 4.37. The zero-order valence-electron chi connectivity index (χ0n) is 50.6. The number of carbonyl (C=O) groups excluding carboxylic acids is 3. The first kappa shape index (κ1) is 73.5. The summed E-state index contributed by atoms with van der Waals surface area (Å²) in [5.41, 5.74) is 0. The molecule has 0 heterocycles. The van der Waals surface area contributed by atoms with Gasteiger partial charge >= 0.3 is 17.9 Å². The molecule has 0 amide bonds. The number of ether oxygens (including phenoxy) is 3. The summed E-state index contributed by atoms with van der Waals surface area (Å²) in [5.74, 6) is -0.919. The van der Waals surface area contributed by atoms with E-state index in [1.54, 1.807) is 0 Å². The fourth-order valence-corrected chi connectivity index (χ4v) is 8.61. The third kappa shape index (κ3) is 62.4. The minimum absolute atomic E-state index is 0.0927. The Kier molecular flexibility index (Phi) is 61.4. The molecule has 0 radical (unpaired) electrons. The van der Waals surface area contributed by atoms with Crippen molar-refractivity contribution in [2.45, 2.75) is 290 Å². The highest BCUT2D eigenvalue weighted by atomic mass is 16.6. The van der Waals surface area contributed by atoms with Crippen molar-refractivity contribution < 1.29 is 28.6 Å². The van der Waals surface area contributed by atoms with Crippen LogP contribution >= 0.6 is 0 Å². The molecule has 0 spiro atoms. The van der Waals surface area contributed by atoms with Gasteiger partial charge in [-0.2, -0.15) is 0 Å². The van der Waals surface area contributed by atoms with Crippen molar-refractivity contribution in [2.75, 3.05) is 13.2 Å². The molecule has 0 aliphatic heterocycles. The van der Waals surface area contributed by atoms with Gasteiger partial charge in [0.2, 0.25) is 0 Å². The smallest absolute Gasteiger partial charge is 0.306 e. The van der Waals surface area contributed by atoms with E-state index in [1.807, 2.05) is 0 Å². The highest BCUT2D eigenvalue weighted by Gasteiger charge is 2.19. The van der Waals surface area contributed by atoms with Gasteiger partial charge in [0.1, 0.15) is 13.2 Å². The number of carbonyl (C=O) groups is 3. The average molecular weight is 1080 g/mol. The predicted octanol–water partition coefficient (Wildman–Crippen LogP) is 22.2. The summed E-state index contributed by atoms with van der Waals surface area (Å²) in [6.07, 6.45) is 91.6. The number of allylic oxidation sites excluding steroid dienone is 22. The maximum atomic E-state index is 12.9. The molecule has 0 saturated carbocycles. The third-order valence-corrected chi connectivity index (χ3v) is 13.4. The van der Waals surface area contributed by atoms with Gasteiger partial charge in [-0.3, -0.25) is 14.4 Å². The highest BCUT2D eigenvalue weighted by molar-refractivity contribution is 5.71. The first-order valence-corrected chi connectivity index (χ1v) is 32.2. The highest BCUT2D eigenvalue weighted by Crippen LogP contribution is 2.15. The Morgan fingerprint density at radius 1 is 0.269 bits per heavy atom. The zero-order valence-corrected chi connectivity index (χ0v) is 50.6. The van der Waals surface area contributed by atoms with Crippen LogP contribution in [0.5, 0.6) is 0 Å². The van der Waals surface area contributed by atoms with Gasteiger partial charge < -0.3 is 14.2 Å². The molecule has 0 bridgehead atoms. The van der Waals surface area contributed by atoms with Crippen LogP contribution in [0.4, 0.5) is 0 Å². The molecule has 0 aromatic carbocycles. The lowest BCUT2D eigenvalue weighted by Gasteiger charge is -2.18. The largest absolute Gasteiger partial charge is 0.462 e. The lowest BCUT2D eigenvalue weighted by atomic mass is 10.1. The molecule has 0 aromatic heterocycles. The van der Waals surface area contributed by atoms with E-state index < -0.39 is 6.10 Å². The Hall–Kier alpha value is -4.45. The summed E-state index contributed by atoms with van der Waals surface area (Å²) in [4.78, 5) is 38.3. The molecular weight excluding hydrogens is 961 g/mol. The van der Waals surface area contributed by atoms with Crippen LogP contribution in [-0.4, -0.2) is 37.2 Å². The van der Waals surface area contributed by atoms with E-state index in [2.05, 4.69) is 154 Å². The Bertz CT molecular complexity index is 1670. The summed E-state index contributed by atoms with van der Waals surface area (Å²) in [6, 6.07) is 0. The van der Waals surface area contributed by atoms with E-state index >= 15 is 0 Å². The van der Waals surface area contributed by atoms with Crippen LogP contribution in [0.25, 0.3) is 0 Å². The molecule has 0 aromatic rings. The van der Waals surface area contributed by atoms with E-state index in [0.29, 0.717) is 19.3 Å². The summed E-state index contributed by atoms with van der Waals surface area (Å²) in [6.45, 7) is 6.39. The fourth-order valence-electron chi connectivity index (χ4n) is 8.61. The van der Waals surface area contributed by atoms with E-state index in [0.717, 1.165) is 141 Å². The SMILES string of the molecule is CC/C=C\C/C=C\C/C=C\C/C=C\C/C=C\C/C=C\C/C=C\CCCCCCCCCC(=O)OCC(COC(=O)CCCCCCC/C=C\CCCCCCC)OC(=O)CCCCCCCCC/C=C\C/C=C\C/C=C\CC. The van der Waals surface area contributed by atoms with Crippen LogP contribution in [0.1, 0.15) is 284 Å². The molecule has 6 heteroatoms. The predicted molar refractivity (Wildman–Crippen MR) is 339 cm³/mol. The monoisotopic (exact) mass is 1080 g/mol. The maximum Gasteiger partial charge on any atom is 0.306 e. The van der Waals surface area contributed by atoms with Gasteiger partial charge in [-0.25, -0.2) is 0 Å². The summed E-state index contributed by atoms with van der Waals surface area (Å²) < 4.78 is 16.9. The molecule has 78 heavy (non-hydrogen) atoms. The molecule has 442 valence electrons. The van der Waals surface area contributed by atoms with Crippen LogP contribution in [0.2, 0.25) is 0 Å². The molecule has 0 saturated heterocycles. The first-order valence-electron chi connectivity index (χ1n) is 32.2. The number of hydrogen-bond acceptors (Lipinski definition) is 6. The average Bonchev–Trinajstić information content (AvgIpc) is 3.44. The Morgan fingerprint density at radius 3 is 0.795 bits per heavy atom. The fraction of sp³-hybridized carbons (Fsp3) is 0.653. The van der Waals surface area contributed by atoms with Crippen molar-refractivity contribution in [1.82, 2.24) is 0 Å². The van der Waals surface area contributed by atoms with Gasteiger partial charge in [0.05, 0.1) is 0 Å². The van der Waals surface area contributed by atoms with Gasteiger partial charge in [0, 0.05) is 19.3 Å². The zero-order chi connectivity index (χ0) is 56.4. The molecular formula is C72H118O6. The number of unbranched alkanes of at least 4 members (excludes halogenated alkanes) is 24. The van der Waals surface area contributed by atoms with Crippen LogP contribution < -0.4 is 0 Å². The van der Waals surface area contributed by atoms with Crippen LogP contribution in [0.15, 0.2) is 134 Å². The second kappa shape index (κ2) is 65.1. The summed E-state index contributed by atoms with van der Waals surface area (Å²) in [5, 5.41) is 0. The van der Waals surface area contributed by atoms with E-state index in [4.69, 9.17) is 14.2 Å². The van der Waals surface area contributed by atoms with E-state index in [9.17, 15) is 14.4 Å². The van der Waals surface area contributed by atoms with Gasteiger partial charge in [0.15, 0.2) is 6.10 Å². The molecule has 0 rings (SSSR count). The van der Waals surface area contributed by atoms with Crippen molar-refractivity contribution in [3.8, 4) is 0 Å². The molecule has 0 aliphatic carbocycles. The third-order valence-electron chi connectivity index (χ3n) is 13.4. The number of rotatable bonds is 57. The van der Waals surface area contributed by atoms with Crippen LogP contribution in [-0.2, 0) is 28.6 Å². The molecule has 1 atom stereocenters. The van der Waals surface area contributed by atoms with Gasteiger partial charge in [-0.15, -0.1) is 0 Å². The number of esters is 3. The quantitative estimate of drug-likeness (QED) is 0.0261. The topological polar surface area (TPSA) is 78.9 Å². The first-order chi connectivity index (χ1) is 38.5. The summed E-state index contributed by atoms with van der Waals surface area (Å²) >= 11 is 0. The maximum absolute atomic E-state index is 12.9. The standard InChI is InChI=1S/C72H118O6/c1-4-7-10-13-16-19-22-25-28-30-31-32-33-34-35-36-37-38-39-40-41-43-44-47-50-53-56-59-62-65-71(74)77-68-69(67-76-70(73)64-61-58-55-52-49-46-27-24-21-18-15-12-9-6-3)78-72(75)66-63-60-57-54-51-48-45-42-29-26-23-20-17-14-11-8-5-2/h7-8,10-11,16-17,19-20,24-29,31-32,34-35,37-38,40-41,69H,4-6,9,12-15,18,21-23,30,33,36,39,42-68H2,1-3H3/b10-7-,11-8-,19-16-,20-17-,27-24-,28-25-,29-26-,32-31-,35-34-,38-37-,41-40-. The van der Waals surface area contributed by atoms with E-state index in [-0.39, 0.29) is 31.1 Å². The second-order valence-electron chi connectivity index (χ2n) is 20.9. The molecule has 0 fully saturated rings. The molecule has 0 N–H and O–H groups in total. The van der Waals surface area contributed by atoms with Gasteiger partial charge in [0.25, 0.3) is 0 Å². The van der Waals surface area contributed by atoms with Crippen LogP contribution in [0.3, 0.4) is 0 Å². The molecule has 6 nitrogen and oxygen atoms in total. The van der Waals surface area contributed by atoms with Crippen molar-refractivity contribution in [1.29, 1.82) is 0 Å². The van der Waals surface area contributed by atoms with E-state index in [1.165, 1.54) is 103 Å². The molecule has 1 unspecified atom stereocenters. The van der Waals surface area contributed by atoms with Crippen molar-refractivity contribution in [2.24, 2.45) is 0 Å². The van der Waals surface area contributed by atoms with Gasteiger partial charge in [-0.05, 0) is 135 Å². The van der Waals surface area contributed by atoms with Gasteiger partial charge in [-0.1, -0.05) is 264 Å². The minimum Gasteiger partial charge on any atom is -0.462 e. The second-order valence-corrected chi connectivity index (χ2v) is 20.9. The molecule has 0 aliphatic rings. The Morgan fingerprint density at radius 2 is 0.500 bits per heavy atom. The van der Waals surface area contributed by atoms with Crippen molar-refractivity contribution in [3.05, 3.63) is 134 Å². The normalized spacial score (nSPS) is 13.0. The van der Waals surface area contributed by atoms with Crippen LogP contribution in [0, 0.1) is 0 Å². The number of hydrogen-bond donors (Lipinski definition) is 0. The summed E-state index contributed by atoms with van der Waals surface area (Å²) in [7, 11) is 0.